The third-order valence-corrected chi connectivity index (χ3v) is 4.76. The number of aliphatic hydroxyl groups is 1. The van der Waals surface area contributed by atoms with Gasteiger partial charge in [-0.2, -0.15) is 0 Å². The Bertz CT molecular complexity index is 217. The molecule has 5 unspecified atom stereocenters. The highest BCUT2D eigenvalue weighted by molar-refractivity contribution is 4.86. The molecule has 5 atom stereocenters. The number of ether oxygens (including phenoxy) is 1. The minimum absolute atomic E-state index is 0.119. The zero-order valence-electron chi connectivity index (χ0n) is 10.7. The molecule has 0 aromatic heterocycles. The Balaban J connectivity index is 1.90. The third-order valence-electron chi connectivity index (χ3n) is 4.76. The Labute approximate surface area is 99.4 Å². The van der Waals surface area contributed by atoms with Crippen LogP contribution in [0.3, 0.4) is 0 Å². The molecule has 0 aromatic rings. The standard InChI is InChI=1S/C14H26O2/c1-3-11-5-4-6-12(9-11)14(15)13-7-8-16-10(13)2/h10-15H,3-9H2,1-2H3. The van der Waals surface area contributed by atoms with Crippen LogP contribution in [0.15, 0.2) is 0 Å². The van der Waals surface area contributed by atoms with E-state index in [0.29, 0.717) is 11.8 Å². The van der Waals surface area contributed by atoms with Crippen LogP contribution in [0, 0.1) is 17.8 Å². The number of rotatable bonds is 3. The van der Waals surface area contributed by atoms with Gasteiger partial charge in [0.25, 0.3) is 0 Å². The second-order valence-electron chi connectivity index (χ2n) is 5.72. The fourth-order valence-corrected chi connectivity index (χ4v) is 3.56. The molecule has 1 saturated heterocycles. The maximum atomic E-state index is 10.5. The van der Waals surface area contributed by atoms with Crippen LogP contribution in [0.5, 0.6) is 0 Å². The summed E-state index contributed by atoms with van der Waals surface area (Å²) in [4.78, 5) is 0. The van der Waals surface area contributed by atoms with Crippen molar-refractivity contribution >= 4 is 0 Å². The molecule has 2 fully saturated rings. The van der Waals surface area contributed by atoms with Gasteiger partial charge in [-0.05, 0) is 38.0 Å². The summed E-state index contributed by atoms with van der Waals surface area (Å²) in [6.07, 6.45) is 7.61. The van der Waals surface area contributed by atoms with Crippen LogP contribution in [0.25, 0.3) is 0 Å². The molecule has 0 amide bonds. The van der Waals surface area contributed by atoms with E-state index < -0.39 is 0 Å². The van der Waals surface area contributed by atoms with Gasteiger partial charge in [-0.15, -0.1) is 0 Å². The Morgan fingerprint density at radius 3 is 2.75 bits per heavy atom. The van der Waals surface area contributed by atoms with Crippen molar-refractivity contribution in [1.82, 2.24) is 0 Å². The lowest BCUT2D eigenvalue weighted by molar-refractivity contribution is -0.00711. The molecule has 0 radical (unpaired) electrons. The molecule has 2 rings (SSSR count). The molecule has 2 aliphatic rings. The lowest BCUT2D eigenvalue weighted by Gasteiger charge is -2.35. The fraction of sp³-hybridized carbons (Fsp3) is 1.00. The highest BCUT2D eigenvalue weighted by Gasteiger charge is 2.36. The van der Waals surface area contributed by atoms with Gasteiger partial charge in [0.1, 0.15) is 0 Å². The van der Waals surface area contributed by atoms with Crippen molar-refractivity contribution in [3.05, 3.63) is 0 Å². The first-order valence-corrected chi connectivity index (χ1v) is 7.02. The van der Waals surface area contributed by atoms with Gasteiger partial charge in [0.2, 0.25) is 0 Å². The first-order chi connectivity index (χ1) is 7.72. The van der Waals surface area contributed by atoms with Crippen LogP contribution in [0.4, 0.5) is 0 Å². The van der Waals surface area contributed by atoms with Crippen molar-refractivity contribution in [3.63, 3.8) is 0 Å². The molecular formula is C14H26O2. The highest BCUT2D eigenvalue weighted by atomic mass is 16.5. The zero-order chi connectivity index (χ0) is 11.5. The molecule has 1 heterocycles. The average Bonchev–Trinajstić information content (AvgIpc) is 2.74. The molecule has 0 aromatic carbocycles. The molecule has 1 aliphatic carbocycles. The predicted octanol–water partition coefficient (Wildman–Crippen LogP) is 2.99. The Morgan fingerprint density at radius 2 is 2.12 bits per heavy atom. The molecule has 1 aliphatic heterocycles. The Morgan fingerprint density at radius 1 is 1.31 bits per heavy atom. The van der Waals surface area contributed by atoms with Crippen molar-refractivity contribution in [3.8, 4) is 0 Å². The van der Waals surface area contributed by atoms with Crippen LogP contribution in [0.2, 0.25) is 0 Å². The van der Waals surface area contributed by atoms with Gasteiger partial charge in [0.15, 0.2) is 0 Å². The quantitative estimate of drug-likeness (QED) is 0.801. The van der Waals surface area contributed by atoms with E-state index in [0.717, 1.165) is 18.9 Å². The molecule has 2 nitrogen and oxygen atoms in total. The minimum atomic E-state index is -0.119. The Kier molecular flexibility index (Phi) is 4.26. The van der Waals surface area contributed by atoms with Crippen LogP contribution in [-0.4, -0.2) is 23.9 Å². The van der Waals surface area contributed by atoms with E-state index in [9.17, 15) is 5.11 Å². The van der Waals surface area contributed by atoms with Crippen molar-refractivity contribution in [2.45, 2.75) is 64.6 Å². The van der Waals surface area contributed by atoms with Crippen LogP contribution in [0.1, 0.15) is 52.4 Å². The highest BCUT2D eigenvalue weighted by Crippen LogP contribution is 2.37. The molecule has 0 spiro atoms. The van der Waals surface area contributed by atoms with E-state index in [-0.39, 0.29) is 12.2 Å². The van der Waals surface area contributed by atoms with Gasteiger partial charge < -0.3 is 9.84 Å². The molecule has 1 N–H and O–H groups in total. The summed E-state index contributed by atoms with van der Waals surface area (Å²) >= 11 is 0. The van der Waals surface area contributed by atoms with Gasteiger partial charge in [-0.1, -0.05) is 26.2 Å². The second kappa shape index (κ2) is 5.50. The second-order valence-corrected chi connectivity index (χ2v) is 5.72. The zero-order valence-corrected chi connectivity index (χ0v) is 10.7. The summed E-state index contributed by atoms with van der Waals surface area (Å²) in [5, 5.41) is 10.5. The smallest absolute Gasteiger partial charge is 0.0622 e. The normalized spacial score (nSPS) is 42.2. The van der Waals surface area contributed by atoms with E-state index in [4.69, 9.17) is 4.74 Å². The first-order valence-electron chi connectivity index (χ1n) is 7.02. The molecule has 16 heavy (non-hydrogen) atoms. The molecule has 0 bridgehead atoms. The SMILES string of the molecule is CCC1CCCC(C(O)C2CCOC2C)C1. The summed E-state index contributed by atoms with van der Waals surface area (Å²) < 4.78 is 5.57. The van der Waals surface area contributed by atoms with E-state index in [1.165, 1.54) is 32.1 Å². The van der Waals surface area contributed by atoms with Crippen LogP contribution >= 0.6 is 0 Å². The number of hydrogen-bond donors (Lipinski definition) is 1. The van der Waals surface area contributed by atoms with Crippen LogP contribution in [-0.2, 0) is 4.74 Å². The lowest BCUT2D eigenvalue weighted by Crippen LogP contribution is -2.35. The summed E-state index contributed by atoms with van der Waals surface area (Å²) in [6, 6.07) is 0. The molecular weight excluding hydrogens is 200 g/mol. The van der Waals surface area contributed by atoms with E-state index in [1.54, 1.807) is 0 Å². The molecule has 2 heteroatoms. The third kappa shape index (κ3) is 2.60. The largest absolute Gasteiger partial charge is 0.392 e. The molecule has 94 valence electrons. The number of aliphatic hydroxyl groups excluding tert-OH is 1. The van der Waals surface area contributed by atoms with Crippen molar-refractivity contribution < 1.29 is 9.84 Å². The van der Waals surface area contributed by atoms with E-state index >= 15 is 0 Å². The maximum absolute atomic E-state index is 10.5. The fourth-order valence-electron chi connectivity index (χ4n) is 3.56. The monoisotopic (exact) mass is 226 g/mol. The summed E-state index contributed by atoms with van der Waals surface area (Å²) in [6.45, 7) is 5.23. The Hall–Kier alpha value is -0.0800. The van der Waals surface area contributed by atoms with Crippen LogP contribution < -0.4 is 0 Å². The van der Waals surface area contributed by atoms with Gasteiger partial charge in [0.05, 0.1) is 12.2 Å². The summed E-state index contributed by atoms with van der Waals surface area (Å²) in [7, 11) is 0. The van der Waals surface area contributed by atoms with Crippen molar-refractivity contribution in [2.75, 3.05) is 6.61 Å². The lowest BCUT2D eigenvalue weighted by atomic mass is 9.74. The van der Waals surface area contributed by atoms with E-state index in [1.807, 2.05) is 0 Å². The minimum Gasteiger partial charge on any atom is -0.392 e. The van der Waals surface area contributed by atoms with Gasteiger partial charge in [0, 0.05) is 12.5 Å². The number of hydrogen-bond acceptors (Lipinski definition) is 2. The predicted molar refractivity (Wildman–Crippen MR) is 65.3 cm³/mol. The topological polar surface area (TPSA) is 29.5 Å². The first kappa shape index (κ1) is 12.4. The van der Waals surface area contributed by atoms with Crippen molar-refractivity contribution in [1.29, 1.82) is 0 Å². The van der Waals surface area contributed by atoms with E-state index in [2.05, 4.69) is 13.8 Å². The summed E-state index contributed by atoms with van der Waals surface area (Å²) in [5.74, 6) is 1.78. The van der Waals surface area contributed by atoms with Crippen molar-refractivity contribution in [2.24, 2.45) is 17.8 Å². The van der Waals surface area contributed by atoms with Gasteiger partial charge >= 0.3 is 0 Å². The summed E-state index contributed by atoms with van der Waals surface area (Å²) in [5.41, 5.74) is 0. The van der Waals surface area contributed by atoms with Gasteiger partial charge in [-0.25, -0.2) is 0 Å². The maximum Gasteiger partial charge on any atom is 0.0622 e. The molecule has 1 saturated carbocycles. The van der Waals surface area contributed by atoms with Gasteiger partial charge in [-0.3, -0.25) is 0 Å². The average molecular weight is 226 g/mol.